The van der Waals surface area contributed by atoms with Gasteiger partial charge in [-0.05, 0) is 42.0 Å². The normalized spacial score (nSPS) is 10.5. The first kappa shape index (κ1) is 12.3. The lowest BCUT2D eigenvalue weighted by Gasteiger charge is -2.04. The summed E-state index contributed by atoms with van der Waals surface area (Å²) in [5.41, 5.74) is 6.71. The van der Waals surface area contributed by atoms with Crippen molar-refractivity contribution in [2.45, 2.75) is 10.6 Å². The van der Waals surface area contributed by atoms with Gasteiger partial charge in [-0.15, -0.1) is 11.8 Å². The van der Waals surface area contributed by atoms with E-state index in [2.05, 4.69) is 0 Å². The molecule has 0 saturated carbocycles. The van der Waals surface area contributed by atoms with Crippen molar-refractivity contribution in [2.75, 3.05) is 5.73 Å². The molecule has 0 fully saturated rings. The van der Waals surface area contributed by atoms with Gasteiger partial charge in [-0.25, -0.2) is 4.39 Å². The van der Waals surface area contributed by atoms with Crippen LogP contribution in [0.25, 0.3) is 0 Å². The molecule has 0 unspecified atom stereocenters. The lowest BCUT2D eigenvalue weighted by atomic mass is 10.2. The van der Waals surface area contributed by atoms with Crippen LogP contribution in [0.1, 0.15) is 5.56 Å². The summed E-state index contributed by atoms with van der Waals surface area (Å²) in [6.45, 7) is 0. The summed E-state index contributed by atoms with van der Waals surface area (Å²) in [5.74, 6) is 0.386. The summed E-state index contributed by atoms with van der Waals surface area (Å²) in [5, 5.41) is 0.723. The fraction of sp³-hybridized carbons (Fsp3) is 0.0769. The van der Waals surface area contributed by atoms with Gasteiger partial charge in [0, 0.05) is 15.7 Å². The third-order valence-corrected chi connectivity index (χ3v) is 3.61. The second-order valence-electron chi connectivity index (χ2n) is 3.60. The van der Waals surface area contributed by atoms with E-state index in [1.807, 2.05) is 24.3 Å². The highest BCUT2D eigenvalue weighted by atomic mass is 35.5. The monoisotopic (exact) mass is 267 g/mol. The fourth-order valence-corrected chi connectivity index (χ4v) is 2.35. The van der Waals surface area contributed by atoms with E-state index in [0.717, 1.165) is 21.2 Å². The van der Waals surface area contributed by atoms with Gasteiger partial charge in [-0.3, -0.25) is 0 Å². The molecule has 0 amide bonds. The molecule has 1 nitrogen and oxygen atoms in total. The topological polar surface area (TPSA) is 26.0 Å². The molecule has 0 aliphatic carbocycles. The number of nitrogen functional groups attached to an aromatic ring is 1. The van der Waals surface area contributed by atoms with E-state index in [0.29, 0.717) is 0 Å². The van der Waals surface area contributed by atoms with E-state index in [1.54, 1.807) is 23.9 Å². The van der Waals surface area contributed by atoms with Crippen molar-refractivity contribution >= 4 is 29.1 Å². The van der Waals surface area contributed by atoms with Crippen molar-refractivity contribution in [1.82, 2.24) is 0 Å². The minimum Gasteiger partial charge on any atom is -0.396 e. The van der Waals surface area contributed by atoms with Crippen molar-refractivity contribution in [3.05, 3.63) is 58.9 Å². The maximum Gasteiger partial charge on any atom is 0.146 e. The zero-order valence-corrected chi connectivity index (χ0v) is 10.6. The zero-order valence-electron chi connectivity index (χ0n) is 8.99. The Hall–Kier alpha value is -1.19. The highest BCUT2D eigenvalue weighted by Crippen LogP contribution is 2.25. The van der Waals surface area contributed by atoms with Gasteiger partial charge in [0.25, 0.3) is 0 Å². The SMILES string of the molecule is Nc1cc(CSc2ccc(Cl)cc2)ccc1F. The molecular formula is C13H11ClFNS. The molecule has 2 aromatic rings. The van der Waals surface area contributed by atoms with Crippen LogP contribution in [-0.4, -0.2) is 0 Å². The van der Waals surface area contributed by atoms with Crippen LogP contribution in [0.5, 0.6) is 0 Å². The van der Waals surface area contributed by atoms with Gasteiger partial charge < -0.3 is 5.73 Å². The van der Waals surface area contributed by atoms with E-state index in [4.69, 9.17) is 17.3 Å². The molecule has 0 saturated heterocycles. The summed E-state index contributed by atoms with van der Waals surface area (Å²) in [7, 11) is 0. The standard InChI is InChI=1S/C13H11ClFNS/c14-10-2-4-11(5-3-10)17-8-9-1-6-12(15)13(16)7-9/h1-7H,8,16H2. The first-order valence-electron chi connectivity index (χ1n) is 5.07. The Kier molecular flexibility index (Phi) is 3.92. The van der Waals surface area contributed by atoms with Crippen molar-refractivity contribution in [3.8, 4) is 0 Å². The third kappa shape index (κ3) is 3.38. The number of halogens is 2. The molecule has 0 bridgehead atoms. The number of benzene rings is 2. The number of rotatable bonds is 3. The van der Waals surface area contributed by atoms with Crippen LogP contribution in [0.3, 0.4) is 0 Å². The molecule has 2 N–H and O–H groups in total. The minimum absolute atomic E-state index is 0.194. The summed E-state index contributed by atoms with van der Waals surface area (Å²) in [6.07, 6.45) is 0. The largest absolute Gasteiger partial charge is 0.396 e. The smallest absolute Gasteiger partial charge is 0.146 e. The third-order valence-electron chi connectivity index (χ3n) is 2.28. The summed E-state index contributed by atoms with van der Waals surface area (Å²) in [6, 6.07) is 12.4. The Morgan fingerprint density at radius 2 is 1.82 bits per heavy atom. The van der Waals surface area contributed by atoms with E-state index in [9.17, 15) is 4.39 Å². The lowest BCUT2D eigenvalue weighted by Crippen LogP contribution is -1.92. The number of hydrogen-bond donors (Lipinski definition) is 1. The molecule has 2 aromatic carbocycles. The summed E-state index contributed by atoms with van der Waals surface area (Å²) < 4.78 is 13.0. The molecular weight excluding hydrogens is 257 g/mol. The van der Waals surface area contributed by atoms with Crippen LogP contribution in [-0.2, 0) is 5.75 Å². The molecule has 4 heteroatoms. The van der Waals surface area contributed by atoms with Crippen LogP contribution in [0, 0.1) is 5.82 Å². The van der Waals surface area contributed by atoms with Gasteiger partial charge in [0.15, 0.2) is 0 Å². The Labute approximate surface area is 109 Å². The fourth-order valence-electron chi connectivity index (χ4n) is 1.38. The van der Waals surface area contributed by atoms with Crippen molar-refractivity contribution in [3.63, 3.8) is 0 Å². The highest BCUT2D eigenvalue weighted by molar-refractivity contribution is 7.98. The molecule has 0 aromatic heterocycles. The minimum atomic E-state index is -0.370. The predicted octanol–water partition coefficient (Wildman–Crippen LogP) is 4.35. The maximum absolute atomic E-state index is 13.0. The van der Waals surface area contributed by atoms with Crippen LogP contribution >= 0.6 is 23.4 Å². The van der Waals surface area contributed by atoms with E-state index in [1.165, 1.54) is 6.07 Å². The molecule has 0 atom stereocenters. The number of anilines is 1. The Morgan fingerprint density at radius 1 is 1.12 bits per heavy atom. The lowest BCUT2D eigenvalue weighted by molar-refractivity contribution is 0.632. The molecule has 2 rings (SSSR count). The second kappa shape index (κ2) is 5.43. The van der Waals surface area contributed by atoms with Crippen molar-refractivity contribution in [2.24, 2.45) is 0 Å². The average Bonchev–Trinajstić information content (AvgIpc) is 2.33. The average molecular weight is 268 g/mol. The van der Waals surface area contributed by atoms with Crippen LogP contribution in [0.15, 0.2) is 47.4 Å². The van der Waals surface area contributed by atoms with Gasteiger partial charge in [0.1, 0.15) is 5.82 Å². The molecule has 0 heterocycles. The predicted molar refractivity (Wildman–Crippen MR) is 71.8 cm³/mol. The molecule has 0 radical (unpaired) electrons. The van der Waals surface area contributed by atoms with Gasteiger partial charge in [0.05, 0.1) is 5.69 Å². The first-order valence-corrected chi connectivity index (χ1v) is 6.44. The second-order valence-corrected chi connectivity index (χ2v) is 5.08. The van der Waals surface area contributed by atoms with Crippen LogP contribution in [0.2, 0.25) is 5.02 Å². The molecule has 88 valence electrons. The van der Waals surface area contributed by atoms with Crippen LogP contribution < -0.4 is 5.73 Å². The van der Waals surface area contributed by atoms with Crippen LogP contribution in [0.4, 0.5) is 10.1 Å². The van der Waals surface area contributed by atoms with Crippen molar-refractivity contribution < 1.29 is 4.39 Å². The first-order chi connectivity index (χ1) is 8.15. The van der Waals surface area contributed by atoms with E-state index < -0.39 is 0 Å². The quantitative estimate of drug-likeness (QED) is 0.661. The van der Waals surface area contributed by atoms with Gasteiger partial charge >= 0.3 is 0 Å². The summed E-state index contributed by atoms with van der Waals surface area (Å²) >= 11 is 7.46. The molecule has 0 spiro atoms. The van der Waals surface area contributed by atoms with E-state index in [-0.39, 0.29) is 11.5 Å². The van der Waals surface area contributed by atoms with Gasteiger partial charge in [-0.2, -0.15) is 0 Å². The van der Waals surface area contributed by atoms with Gasteiger partial charge in [-0.1, -0.05) is 17.7 Å². The maximum atomic E-state index is 13.0. The molecule has 17 heavy (non-hydrogen) atoms. The Balaban J connectivity index is 2.02. The number of thioether (sulfide) groups is 1. The van der Waals surface area contributed by atoms with Gasteiger partial charge in [0.2, 0.25) is 0 Å². The molecule has 0 aliphatic heterocycles. The number of hydrogen-bond acceptors (Lipinski definition) is 2. The van der Waals surface area contributed by atoms with Crippen molar-refractivity contribution in [1.29, 1.82) is 0 Å². The Bertz CT molecular complexity index is 513. The van der Waals surface area contributed by atoms with E-state index >= 15 is 0 Å². The zero-order chi connectivity index (χ0) is 12.3. The molecule has 0 aliphatic rings. The highest BCUT2D eigenvalue weighted by Gasteiger charge is 2.01. The number of nitrogens with two attached hydrogens (primary N) is 1. The summed E-state index contributed by atoms with van der Waals surface area (Å²) in [4.78, 5) is 1.12. The Morgan fingerprint density at radius 3 is 2.47 bits per heavy atom.